The van der Waals surface area contributed by atoms with E-state index in [-0.39, 0.29) is 12.2 Å². The van der Waals surface area contributed by atoms with E-state index >= 15 is 0 Å². The van der Waals surface area contributed by atoms with E-state index < -0.39 is 0 Å². The topological polar surface area (TPSA) is 78.0 Å². The molecule has 0 aliphatic rings. The molecule has 0 aliphatic heterocycles. The molecule has 2 aromatic rings. The summed E-state index contributed by atoms with van der Waals surface area (Å²) in [7, 11) is 0. The summed E-state index contributed by atoms with van der Waals surface area (Å²) < 4.78 is 0. The van der Waals surface area contributed by atoms with Gasteiger partial charge < -0.3 is 10.4 Å². The molecule has 6 heteroatoms. The molecule has 3 N–H and O–H groups in total. The minimum atomic E-state index is -0.201. The van der Waals surface area contributed by atoms with Gasteiger partial charge in [0.25, 0.3) is 5.56 Å². The Balaban J connectivity index is 2.16. The fourth-order valence-corrected chi connectivity index (χ4v) is 2.76. The number of thioether (sulfide) groups is 1. The van der Waals surface area contributed by atoms with Crippen LogP contribution in [0.15, 0.2) is 52.3 Å². The number of benzene rings is 1. The summed E-state index contributed by atoms with van der Waals surface area (Å²) in [6.07, 6.45) is 2.60. The average molecular weight is 317 g/mol. The number of anilines is 1. The quantitative estimate of drug-likeness (QED) is 0.416. The number of allylic oxidation sites excluding steroid dienone is 1. The number of H-pyrrole nitrogens is 1. The fraction of sp³-hybridized carbons (Fsp3) is 0.250. The van der Waals surface area contributed by atoms with Crippen LogP contribution in [-0.4, -0.2) is 28.2 Å². The summed E-state index contributed by atoms with van der Waals surface area (Å²) in [6, 6.07) is 11.5. The predicted molar refractivity (Wildman–Crippen MR) is 91.0 cm³/mol. The zero-order valence-electron chi connectivity index (χ0n) is 12.4. The molecule has 0 saturated heterocycles. The number of nitrogens with zero attached hydrogens (tertiary/aromatic N) is 1. The second-order valence-electron chi connectivity index (χ2n) is 4.56. The van der Waals surface area contributed by atoms with Gasteiger partial charge in [-0.2, -0.15) is 0 Å². The second kappa shape index (κ2) is 8.41. The smallest absolute Gasteiger partial charge is 0.253 e. The third-order valence-electron chi connectivity index (χ3n) is 2.88. The number of nitrogens with one attached hydrogen (secondary N) is 2. The minimum absolute atomic E-state index is 0.0996. The van der Waals surface area contributed by atoms with Gasteiger partial charge in [-0.25, -0.2) is 4.98 Å². The molecule has 0 bridgehead atoms. The maximum absolute atomic E-state index is 11.7. The van der Waals surface area contributed by atoms with E-state index in [1.165, 1.54) is 17.8 Å². The van der Waals surface area contributed by atoms with E-state index in [2.05, 4.69) is 15.3 Å². The number of aromatic nitrogens is 2. The SMILES string of the molecule is CC=C(Sc1cc(=O)[nH]c(NCCCO)n1)c1ccccc1. The Morgan fingerprint density at radius 3 is 2.86 bits per heavy atom. The van der Waals surface area contributed by atoms with Crippen LogP contribution in [0.25, 0.3) is 4.91 Å². The van der Waals surface area contributed by atoms with E-state index in [0.717, 1.165) is 10.5 Å². The number of hydrogen-bond donors (Lipinski definition) is 3. The van der Waals surface area contributed by atoms with Crippen molar-refractivity contribution in [3.05, 3.63) is 58.4 Å². The predicted octanol–water partition coefficient (Wildman–Crippen LogP) is 2.72. The number of hydrogen-bond acceptors (Lipinski definition) is 5. The molecule has 0 saturated carbocycles. The van der Waals surface area contributed by atoms with Gasteiger partial charge in [0.2, 0.25) is 5.95 Å². The van der Waals surface area contributed by atoms with Gasteiger partial charge in [-0.3, -0.25) is 9.78 Å². The highest BCUT2D eigenvalue weighted by Gasteiger charge is 2.07. The van der Waals surface area contributed by atoms with Crippen LogP contribution in [-0.2, 0) is 0 Å². The second-order valence-corrected chi connectivity index (χ2v) is 5.62. The van der Waals surface area contributed by atoms with E-state index in [0.29, 0.717) is 23.9 Å². The molecule has 0 unspecified atom stereocenters. The Kier molecular flexibility index (Phi) is 6.24. The van der Waals surface area contributed by atoms with Crippen LogP contribution in [0.3, 0.4) is 0 Å². The third-order valence-corrected chi connectivity index (χ3v) is 3.99. The summed E-state index contributed by atoms with van der Waals surface area (Å²) in [5.74, 6) is 0.423. The molecule has 0 atom stereocenters. The lowest BCUT2D eigenvalue weighted by Gasteiger charge is -2.08. The van der Waals surface area contributed by atoms with Gasteiger partial charge in [-0.1, -0.05) is 48.2 Å². The van der Waals surface area contributed by atoms with E-state index in [9.17, 15) is 4.79 Å². The first-order valence-electron chi connectivity index (χ1n) is 7.08. The van der Waals surface area contributed by atoms with Gasteiger partial charge in [0, 0.05) is 24.1 Å². The molecule has 0 spiro atoms. The molecule has 2 rings (SSSR count). The van der Waals surface area contributed by atoms with Crippen LogP contribution >= 0.6 is 11.8 Å². The van der Waals surface area contributed by atoms with Gasteiger partial charge in [-0.15, -0.1) is 0 Å². The molecule has 1 heterocycles. The van der Waals surface area contributed by atoms with Crippen molar-refractivity contribution in [2.75, 3.05) is 18.5 Å². The summed E-state index contributed by atoms with van der Waals surface area (Å²) in [4.78, 5) is 19.8. The van der Waals surface area contributed by atoms with Gasteiger partial charge >= 0.3 is 0 Å². The Labute approximate surface area is 133 Å². The van der Waals surface area contributed by atoms with Crippen molar-refractivity contribution < 1.29 is 5.11 Å². The molecule has 1 aromatic carbocycles. The molecule has 22 heavy (non-hydrogen) atoms. The number of aliphatic hydroxyl groups excluding tert-OH is 1. The first-order valence-corrected chi connectivity index (χ1v) is 7.90. The first-order chi connectivity index (χ1) is 10.7. The van der Waals surface area contributed by atoms with Crippen LogP contribution in [0.4, 0.5) is 5.95 Å². The van der Waals surface area contributed by atoms with Crippen molar-refractivity contribution in [2.24, 2.45) is 0 Å². The van der Waals surface area contributed by atoms with Gasteiger partial charge in [0.1, 0.15) is 5.03 Å². The monoisotopic (exact) mass is 317 g/mol. The Morgan fingerprint density at radius 2 is 2.18 bits per heavy atom. The van der Waals surface area contributed by atoms with E-state index in [1.54, 1.807) is 0 Å². The summed E-state index contributed by atoms with van der Waals surface area (Å²) in [5, 5.41) is 12.4. The molecular weight excluding hydrogens is 298 g/mol. The van der Waals surface area contributed by atoms with Crippen molar-refractivity contribution in [3.63, 3.8) is 0 Å². The maximum Gasteiger partial charge on any atom is 0.253 e. The van der Waals surface area contributed by atoms with Crippen LogP contribution in [0.1, 0.15) is 18.9 Å². The minimum Gasteiger partial charge on any atom is -0.396 e. The highest BCUT2D eigenvalue weighted by molar-refractivity contribution is 8.08. The van der Waals surface area contributed by atoms with Gasteiger partial charge in [0.05, 0.1) is 0 Å². The highest BCUT2D eigenvalue weighted by Crippen LogP contribution is 2.32. The Bertz CT molecular complexity index is 683. The maximum atomic E-state index is 11.7. The van der Waals surface area contributed by atoms with Gasteiger partial charge in [0.15, 0.2) is 0 Å². The molecule has 0 aliphatic carbocycles. The van der Waals surface area contributed by atoms with Crippen LogP contribution < -0.4 is 10.9 Å². The van der Waals surface area contributed by atoms with Crippen LogP contribution in [0, 0.1) is 0 Å². The molecule has 116 valence electrons. The lowest BCUT2D eigenvalue weighted by molar-refractivity contribution is 0.292. The lowest BCUT2D eigenvalue weighted by Crippen LogP contribution is -2.13. The molecular formula is C16H19N3O2S. The Hall–Kier alpha value is -2.05. The van der Waals surface area contributed by atoms with Crippen molar-refractivity contribution in [3.8, 4) is 0 Å². The van der Waals surface area contributed by atoms with Crippen molar-refractivity contribution in [2.45, 2.75) is 18.4 Å². The summed E-state index contributed by atoms with van der Waals surface area (Å²) in [6.45, 7) is 2.62. The first kappa shape index (κ1) is 16.3. The molecule has 1 aromatic heterocycles. The van der Waals surface area contributed by atoms with Crippen molar-refractivity contribution in [1.82, 2.24) is 9.97 Å². The normalized spacial score (nSPS) is 11.5. The molecule has 5 nitrogen and oxygen atoms in total. The summed E-state index contributed by atoms with van der Waals surface area (Å²) in [5.41, 5.74) is 0.888. The van der Waals surface area contributed by atoms with Gasteiger partial charge in [-0.05, 0) is 18.9 Å². The highest BCUT2D eigenvalue weighted by atomic mass is 32.2. The fourth-order valence-electron chi connectivity index (χ4n) is 1.86. The summed E-state index contributed by atoms with van der Waals surface area (Å²) >= 11 is 1.45. The van der Waals surface area contributed by atoms with Crippen LogP contribution in [0.5, 0.6) is 0 Å². The van der Waals surface area contributed by atoms with E-state index in [4.69, 9.17) is 5.11 Å². The Morgan fingerprint density at radius 1 is 1.41 bits per heavy atom. The lowest BCUT2D eigenvalue weighted by atomic mass is 10.2. The molecule has 0 fully saturated rings. The molecule has 0 amide bonds. The van der Waals surface area contributed by atoms with Crippen molar-refractivity contribution >= 4 is 22.6 Å². The molecule has 0 radical (unpaired) electrons. The number of aliphatic hydroxyl groups is 1. The number of rotatable bonds is 7. The number of aromatic amines is 1. The standard InChI is InChI=1S/C16H19N3O2S/c1-2-13(12-7-4-3-5-8-12)22-15-11-14(21)18-16(19-15)17-9-6-10-20/h2-5,7-8,11,20H,6,9-10H2,1H3,(H2,17,18,19,21). The average Bonchev–Trinajstić information content (AvgIpc) is 2.53. The zero-order chi connectivity index (χ0) is 15.8. The largest absolute Gasteiger partial charge is 0.396 e. The third kappa shape index (κ3) is 4.75. The van der Waals surface area contributed by atoms with Crippen molar-refractivity contribution in [1.29, 1.82) is 0 Å². The zero-order valence-corrected chi connectivity index (χ0v) is 13.2. The van der Waals surface area contributed by atoms with E-state index in [1.807, 2.05) is 43.3 Å². The van der Waals surface area contributed by atoms with Crippen LogP contribution in [0.2, 0.25) is 0 Å².